The Hall–Kier alpha value is -0.810. The van der Waals surface area contributed by atoms with Gasteiger partial charge in [-0.2, -0.15) is 0 Å². The van der Waals surface area contributed by atoms with Gasteiger partial charge in [0.15, 0.2) is 11.6 Å². The first-order valence-corrected chi connectivity index (χ1v) is 8.33. The summed E-state index contributed by atoms with van der Waals surface area (Å²) in [5.74, 6) is -1.31. The molecule has 0 radical (unpaired) electrons. The molecule has 0 aliphatic heterocycles. The van der Waals surface area contributed by atoms with Crippen molar-refractivity contribution in [2.75, 3.05) is 6.54 Å². The van der Waals surface area contributed by atoms with Gasteiger partial charge in [0.1, 0.15) is 0 Å². The second-order valence-electron chi connectivity index (χ2n) is 5.49. The van der Waals surface area contributed by atoms with Crippen molar-refractivity contribution >= 4 is 10.8 Å². The predicted octanol–water partition coefficient (Wildman–Crippen LogP) is 3.24. The lowest BCUT2D eigenvalue weighted by Crippen LogP contribution is -2.46. The molecule has 2 nitrogen and oxygen atoms in total. The number of hydrogen-bond donors (Lipinski definition) is 1. The minimum Gasteiger partial charge on any atom is -0.313 e. The zero-order valence-electron chi connectivity index (χ0n) is 11.9. The molecule has 4 unspecified atom stereocenters. The van der Waals surface area contributed by atoms with Crippen molar-refractivity contribution in [1.29, 1.82) is 0 Å². The maximum atomic E-state index is 13.3. The van der Waals surface area contributed by atoms with Gasteiger partial charge in [0, 0.05) is 10.9 Å². The van der Waals surface area contributed by atoms with Gasteiger partial charge in [-0.1, -0.05) is 13.8 Å². The normalized spacial score (nSPS) is 28.3. The first-order chi connectivity index (χ1) is 9.52. The molecule has 20 heavy (non-hydrogen) atoms. The summed E-state index contributed by atoms with van der Waals surface area (Å²) < 4.78 is 39.0. The van der Waals surface area contributed by atoms with Crippen molar-refractivity contribution in [1.82, 2.24) is 5.32 Å². The summed E-state index contributed by atoms with van der Waals surface area (Å²) in [6, 6.07) is 3.73. The summed E-state index contributed by atoms with van der Waals surface area (Å²) in [6.45, 7) is 5.00. The molecule has 0 aromatic heterocycles. The van der Waals surface area contributed by atoms with Gasteiger partial charge in [0.05, 0.1) is 16.0 Å². The van der Waals surface area contributed by atoms with Gasteiger partial charge in [0.2, 0.25) is 0 Å². The Morgan fingerprint density at radius 3 is 2.70 bits per heavy atom. The molecule has 1 aromatic carbocycles. The Balaban J connectivity index is 2.21. The molecule has 1 aliphatic carbocycles. The molecule has 4 atom stereocenters. The first-order valence-electron chi connectivity index (χ1n) is 7.12. The molecule has 1 aliphatic rings. The Kier molecular flexibility index (Phi) is 5.27. The Morgan fingerprint density at radius 2 is 2.05 bits per heavy atom. The van der Waals surface area contributed by atoms with Gasteiger partial charge < -0.3 is 5.32 Å². The Labute approximate surface area is 121 Å². The molecule has 0 bridgehead atoms. The van der Waals surface area contributed by atoms with Crippen LogP contribution in [-0.4, -0.2) is 22.0 Å². The average Bonchev–Trinajstić information content (AvgIpc) is 2.43. The average molecular weight is 301 g/mol. The minimum absolute atomic E-state index is 0.0384. The summed E-state index contributed by atoms with van der Waals surface area (Å²) >= 11 is 0. The van der Waals surface area contributed by atoms with E-state index in [1.807, 2.05) is 6.92 Å². The molecule has 1 aromatic rings. The highest BCUT2D eigenvalue weighted by molar-refractivity contribution is 7.85. The molecular weight excluding hydrogens is 280 g/mol. The summed E-state index contributed by atoms with van der Waals surface area (Å²) in [5, 5.41) is 3.33. The van der Waals surface area contributed by atoms with E-state index in [4.69, 9.17) is 0 Å². The highest BCUT2D eigenvalue weighted by Crippen LogP contribution is 2.30. The minimum atomic E-state index is -1.31. The van der Waals surface area contributed by atoms with Crippen molar-refractivity contribution in [2.45, 2.75) is 49.3 Å². The van der Waals surface area contributed by atoms with Gasteiger partial charge in [-0.15, -0.1) is 0 Å². The quantitative estimate of drug-likeness (QED) is 0.925. The Morgan fingerprint density at radius 1 is 1.30 bits per heavy atom. The van der Waals surface area contributed by atoms with Crippen molar-refractivity contribution in [3.05, 3.63) is 29.8 Å². The molecule has 1 N–H and O–H groups in total. The third-order valence-corrected chi connectivity index (χ3v) is 5.71. The van der Waals surface area contributed by atoms with Crippen LogP contribution >= 0.6 is 0 Å². The van der Waals surface area contributed by atoms with E-state index in [9.17, 15) is 13.0 Å². The highest BCUT2D eigenvalue weighted by Gasteiger charge is 2.33. The van der Waals surface area contributed by atoms with Crippen LogP contribution in [0.1, 0.15) is 33.1 Å². The number of nitrogens with one attached hydrogen (secondary N) is 1. The van der Waals surface area contributed by atoms with Crippen LogP contribution in [0.2, 0.25) is 0 Å². The van der Waals surface area contributed by atoms with Crippen LogP contribution in [0.4, 0.5) is 8.78 Å². The fourth-order valence-corrected chi connectivity index (χ4v) is 4.64. The first kappa shape index (κ1) is 15.6. The van der Waals surface area contributed by atoms with E-state index >= 15 is 0 Å². The smallest absolute Gasteiger partial charge is 0.160 e. The molecule has 112 valence electrons. The molecule has 1 saturated carbocycles. The summed E-state index contributed by atoms with van der Waals surface area (Å²) in [4.78, 5) is 0.380. The highest BCUT2D eigenvalue weighted by atomic mass is 32.2. The van der Waals surface area contributed by atoms with Crippen LogP contribution in [0.15, 0.2) is 23.1 Å². The van der Waals surface area contributed by atoms with Crippen LogP contribution < -0.4 is 5.32 Å². The molecule has 0 heterocycles. The number of rotatable bonds is 4. The van der Waals surface area contributed by atoms with Gasteiger partial charge in [-0.05, 0) is 49.9 Å². The summed E-state index contributed by atoms with van der Waals surface area (Å²) in [6.07, 6.45) is 2.95. The van der Waals surface area contributed by atoms with Crippen molar-refractivity contribution < 1.29 is 13.0 Å². The SMILES string of the molecule is CCNC1CCC(C)CC1S(=O)c1ccc(F)c(F)c1. The summed E-state index contributed by atoms with van der Waals surface area (Å²) in [7, 11) is -1.31. The topological polar surface area (TPSA) is 29.1 Å². The van der Waals surface area contributed by atoms with E-state index in [0.717, 1.165) is 37.9 Å². The van der Waals surface area contributed by atoms with Gasteiger partial charge in [-0.25, -0.2) is 8.78 Å². The lowest BCUT2D eigenvalue weighted by molar-refractivity contribution is 0.316. The molecule has 0 spiro atoms. The zero-order chi connectivity index (χ0) is 14.7. The van der Waals surface area contributed by atoms with E-state index in [0.29, 0.717) is 10.8 Å². The standard InChI is InChI=1S/C15H21F2NOS/c1-3-18-14-7-4-10(2)8-15(14)20(19)11-5-6-12(16)13(17)9-11/h5-6,9-10,14-15,18H,3-4,7-8H2,1-2H3. The van der Waals surface area contributed by atoms with Crippen LogP contribution in [0, 0.1) is 17.6 Å². The third-order valence-electron chi connectivity index (χ3n) is 3.92. The van der Waals surface area contributed by atoms with Crippen LogP contribution in [0.3, 0.4) is 0 Å². The van der Waals surface area contributed by atoms with Crippen molar-refractivity contribution in [3.8, 4) is 0 Å². The number of hydrogen-bond acceptors (Lipinski definition) is 2. The fraction of sp³-hybridized carbons (Fsp3) is 0.600. The molecule has 0 saturated heterocycles. The van der Waals surface area contributed by atoms with Gasteiger partial charge in [-0.3, -0.25) is 4.21 Å². The van der Waals surface area contributed by atoms with Crippen LogP contribution in [-0.2, 0) is 10.8 Å². The molecule has 1 fully saturated rings. The fourth-order valence-electron chi connectivity index (χ4n) is 2.84. The predicted molar refractivity (Wildman–Crippen MR) is 77.0 cm³/mol. The summed E-state index contributed by atoms with van der Waals surface area (Å²) in [5.41, 5.74) is 0. The van der Waals surface area contributed by atoms with Crippen molar-refractivity contribution in [2.24, 2.45) is 5.92 Å². The van der Waals surface area contributed by atoms with E-state index in [-0.39, 0.29) is 11.3 Å². The number of benzene rings is 1. The monoisotopic (exact) mass is 301 g/mol. The van der Waals surface area contributed by atoms with Gasteiger partial charge in [0.25, 0.3) is 0 Å². The van der Waals surface area contributed by atoms with Gasteiger partial charge >= 0.3 is 0 Å². The van der Waals surface area contributed by atoms with E-state index in [1.54, 1.807) is 0 Å². The Bertz CT molecular complexity index is 495. The van der Waals surface area contributed by atoms with E-state index < -0.39 is 22.4 Å². The van der Waals surface area contributed by atoms with Crippen LogP contribution in [0.25, 0.3) is 0 Å². The third kappa shape index (κ3) is 3.44. The van der Waals surface area contributed by atoms with E-state index in [2.05, 4.69) is 12.2 Å². The maximum Gasteiger partial charge on any atom is 0.160 e. The second kappa shape index (κ2) is 6.76. The molecule has 2 rings (SSSR count). The maximum absolute atomic E-state index is 13.3. The van der Waals surface area contributed by atoms with Crippen LogP contribution in [0.5, 0.6) is 0 Å². The second-order valence-corrected chi connectivity index (χ2v) is 7.17. The molecule has 0 amide bonds. The molecular formula is C15H21F2NOS. The largest absolute Gasteiger partial charge is 0.313 e. The number of halogens is 2. The lowest BCUT2D eigenvalue weighted by Gasteiger charge is -2.34. The molecule has 5 heteroatoms. The zero-order valence-corrected chi connectivity index (χ0v) is 12.7. The van der Waals surface area contributed by atoms with Crippen molar-refractivity contribution in [3.63, 3.8) is 0 Å². The lowest BCUT2D eigenvalue weighted by atomic mass is 9.87. The van der Waals surface area contributed by atoms with E-state index in [1.165, 1.54) is 6.07 Å².